The highest BCUT2D eigenvalue weighted by Crippen LogP contribution is 2.44. The number of nitrogens with zero attached hydrogens (tertiary/aromatic N) is 2. The fraction of sp³-hybridized carbons (Fsp3) is 0.308. The van der Waals surface area contributed by atoms with Gasteiger partial charge < -0.3 is 14.7 Å². The quantitative estimate of drug-likeness (QED) is 0.483. The zero-order valence-electron chi connectivity index (χ0n) is 19.0. The molecule has 9 heteroatoms. The van der Waals surface area contributed by atoms with Crippen molar-refractivity contribution in [2.45, 2.75) is 37.6 Å². The van der Waals surface area contributed by atoms with Gasteiger partial charge in [-0.05, 0) is 41.5 Å². The topological polar surface area (TPSA) is 109 Å². The molecular weight excluding hydrogens is 466 g/mol. The first-order valence-electron chi connectivity index (χ1n) is 11.6. The van der Waals surface area contributed by atoms with Crippen molar-refractivity contribution in [2.24, 2.45) is 0 Å². The fourth-order valence-electron chi connectivity index (χ4n) is 4.99. The van der Waals surface area contributed by atoms with Crippen LogP contribution in [-0.2, 0) is 9.53 Å². The van der Waals surface area contributed by atoms with Gasteiger partial charge in [0.05, 0.1) is 6.20 Å². The van der Waals surface area contributed by atoms with Gasteiger partial charge >= 0.3 is 12.1 Å². The fourth-order valence-corrected chi connectivity index (χ4v) is 5.75. The number of likely N-dealkylation sites (tertiary alicyclic amines) is 1. The molecule has 3 aromatic rings. The van der Waals surface area contributed by atoms with Crippen molar-refractivity contribution in [2.75, 3.05) is 18.5 Å². The highest BCUT2D eigenvalue weighted by atomic mass is 32.1. The highest BCUT2D eigenvalue weighted by Gasteiger charge is 2.31. The van der Waals surface area contributed by atoms with E-state index in [2.05, 4.69) is 34.6 Å². The number of benzene rings is 2. The number of thiazole rings is 1. The third-order valence-electron chi connectivity index (χ3n) is 6.60. The van der Waals surface area contributed by atoms with Crippen LogP contribution in [0.3, 0.4) is 0 Å². The van der Waals surface area contributed by atoms with Crippen molar-refractivity contribution in [3.8, 4) is 11.1 Å². The van der Waals surface area contributed by atoms with E-state index in [1.165, 1.54) is 6.20 Å². The lowest BCUT2D eigenvalue weighted by atomic mass is 9.98. The second-order valence-electron chi connectivity index (χ2n) is 8.71. The molecule has 2 amide bonds. The van der Waals surface area contributed by atoms with E-state index in [9.17, 15) is 14.4 Å². The first kappa shape index (κ1) is 23.0. The summed E-state index contributed by atoms with van der Waals surface area (Å²) in [7, 11) is 0. The van der Waals surface area contributed by atoms with Crippen LogP contribution in [0.1, 0.15) is 52.4 Å². The number of carbonyl (C=O) groups is 3. The van der Waals surface area contributed by atoms with Crippen LogP contribution in [0.2, 0.25) is 0 Å². The third kappa shape index (κ3) is 4.77. The Bertz CT molecular complexity index is 1230. The average Bonchev–Trinajstić information content (AvgIpc) is 3.59. The third-order valence-corrected chi connectivity index (χ3v) is 7.50. The van der Waals surface area contributed by atoms with E-state index in [0.29, 0.717) is 17.8 Å². The van der Waals surface area contributed by atoms with Crippen molar-refractivity contribution < 1.29 is 24.2 Å². The van der Waals surface area contributed by atoms with Gasteiger partial charge in [-0.2, -0.15) is 0 Å². The smallest absolute Gasteiger partial charge is 0.413 e. The Morgan fingerprint density at radius 1 is 1.09 bits per heavy atom. The molecule has 180 valence electrons. The minimum absolute atomic E-state index is 0.0335. The number of ether oxygens (including phenoxy) is 1. The van der Waals surface area contributed by atoms with E-state index in [0.717, 1.165) is 46.4 Å². The van der Waals surface area contributed by atoms with E-state index in [4.69, 9.17) is 9.84 Å². The number of rotatable bonds is 7. The van der Waals surface area contributed by atoms with E-state index in [-0.39, 0.29) is 36.0 Å². The maximum Gasteiger partial charge on any atom is 0.413 e. The lowest BCUT2D eigenvalue weighted by Gasteiger charge is -2.23. The number of aliphatic carboxylic acids is 1. The van der Waals surface area contributed by atoms with E-state index >= 15 is 0 Å². The standard InChI is InChI=1S/C26H25N3O5S/c30-23(31)12-11-16-6-5-13-29(16)24(32)22-14-27-25(35-22)28-26(33)34-15-21-19-9-3-1-7-17(19)18-8-2-4-10-20(18)21/h1-4,7-10,14,16,21H,5-6,11-13,15H2,(H,30,31)(H,27,28,33). The molecule has 1 saturated heterocycles. The summed E-state index contributed by atoms with van der Waals surface area (Å²) in [6, 6.07) is 16.2. The molecule has 1 atom stereocenters. The van der Waals surface area contributed by atoms with Gasteiger partial charge in [0.25, 0.3) is 5.91 Å². The number of carbonyl (C=O) groups excluding carboxylic acids is 2. The van der Waals surface area contributed by atoms with Gasteiger partial charge in [0.1, 0.15) is 11.5 Å². The SMILES string of the molecule is O=C(O)CCC1CCCN1C(=O)c1cnc(NC(=O)OCC2c3ccccc3-c3ccccc32)s1. The van der Waals surface area contributed by atoms with Crippen molar-refractivity contribution in [1.29, 1.82) is 0 Å². The molecule has 0 saturated carbocycles. The molecule has 1 aliphatic heterocycles. The molecule has 35 heavy (non-hydrogen) atoms. The summed E-state index contributed by atoms with van der Waals surface area (Å²) in [4.78, 5) is 42.6. The lowest BCUT2D eigenvalue weighted by molar-refractivity contribution is -0.137. The number of fused-ring (bicyclic) bond motifs is 3. The largest absolute Gasteiger partial charge is 0.481 e. The van der Waals surface area contributed by atoms with Crippen LogP contribution in [0.15, 0.2) is 54.7 Å². The number of anilines is 1. The van der Waals surface area contributed by atoms with Gasteiger partial charge in [0, 0.05) is 24.9 Å². The monoisotopic (exact) mass is 491 g/mol. The van der Waals surface area contributed by atoms with Crippen LogP contribution in [0.4, 0.5) is 9.93 Å². The molecule has 8 nitrogen and oxygen atoms in total. The van der Waals surface area contributed by atoms with E-state index in [1.807, 2.05) is 24.3 Å². The van der Waals surface area contributed by atoms with Gasteiger partial charge in [0.15, 0.2) is 5.13 Å². The first-order chi connectivity index (χ1) is 17.0. The van der Waals surface area contributed by atoms with Crippen LogP contribution in [0.5, 0.6) is 0 Å². The number of carboxylic acid groups (broad SMARTS) is 1. The van der Waals surface area contributed by atoms with Crippen molar-refractivity contribution >= 4 is 34.4 Å². The number of aromatic nitrogens is 1. The lowest BCUT2D eigenvalue weighted by Crippen LogP contribution is -2.35. The Morgan fingerprint density at radius 3 is 2.46 bits per heavy atom. The van der Waals surface area contributed by atoms with Gasteiger partial charge in [-0.15, -0.1) is 0 Å². The molecule has 0 radical (unpaired) electrons. The number of carboxylic acids is 1. The van der Waals surface area contributed by atoms with Crippen molar-refractivity contribution in [1.82, 2.24) is 9.88 Å². The molecule has 1 aromatic heterocycles. The summed E-state index contributed by atoms with van der Waals surface area (Å²) in [5, 5.41) is 11.9. The van der Waals surface area contributed by atoms with Crippen LogP contribution in [-0.4, -0.2) is 52.2 Å². The number of hydrogen-bond donors (Lipinski definition) is 2. The predicted molar refractivity (Wildman–Crippen MR) is 132 cm³/mol. The normalized spacial score (nSPS) is 16.6. The molecule has 1 unspecified atom stereocenters. The Hall–Kier alpha value is -3.72. The summed E-state index contributed by atoms with van der Waals surface area (Å²) < 4.78 is 5.55. The number of hydrogen-bond acceptors (Lipinski definition) is 6. The molecule has 2 aromatic carbocycles. The molecule has 2 aliphatic rings. The summed E-state index contributed by atoms with van der Waals surface area (Å²) in [6.07, 6.45) is 2.93. The first-order valence-corrected chi connectivity index (χ1v) is 12.4. The predicted octanol–water partition coefficient (Wildman–Crippen LogP) is 4.97. The van der Waals surface area contributed by atoms with Crippen LogP contribution in [0.25, 0.3) is 11.1 Å². The molecule has 2 heterocycles. The van der Waals surface area contributed by atoms with Gasteiger partial charge in [-0.25, -0.2) is 9.78 Å². The Balaban J connectivity index is 1.20. The molecule has 0 spiro atoms. The van der Waals surface area contributed by atoms with Crippen LogP contribution >= 0.6 is 11.3 Å². The number of nitrogens with one attached hydrogen (secondary N) is 1. The molecule has 5 rings (SSSR count). The van der Waals surface area contributed by atoms with E-state index in [1.54, 1.807) is 4.90 Å². The summed E-state index contributed by atoms with van der Waals surface area (Å²) in [5.41, 5.74) is 4.57. The molecule has 1 fully saturated rings. The Morgan fingerprint density at radius 2 is 1.77 bits per heavy atom. The molecule has 1 aliphatic carbocycles. The summed E-state index contributed by atoms with van der Waals surface area (Å²) in [5.74, 6) is -1.09. The zero-order valence-corrected chi connectivity index (χ0v) is 19.8. The van der Waals surface area contributed by atoms with Crippen LogP contribution < -0.4 is 5.32 Å². The Labute approximate surface area is 206 Å². The minimum atomic E-state index is -0.864. The van der Waals surface area contributed by atoms with Gasteiger partial charge in [0.2, 0.25) is 0 Å². The highest BCUT2D eigenvalue weighted by molar-refractivity contribution is 7.17. The van der Waals surface area contributed by atoms with Crippen LogP contribution in [0, 0.1) is 0 Å². The second kappa shape index (κ2) is 9.87. The van der Waals surface area contributed by atoms with E-state index < -0.39 is 12.1 Å². The molecule has 2 N–H and O–H groups in total. The average molecular weight is 492 g/mol. The summed E-state index contributed by atoms with van der Waals surface area (Å²) in [6.45, 7) is 0.784. The van der Waals surface area contributed by atoms with Gasteiger partial charge in [-0.3, -0.25) is 14.9 Å². The summed E-state index contributed by atoms with van der Waals surface area (Å²) >= 11 is 1.09. The van der Waals surface area contributed by atoms with Crippen molar-refractivity contribution in [3.05, 3.63) is 70.7 Å². The Kier molecular flexibility index (Phi) is 6.50. The minimum Gasteiger partial charge on any atom is -0.481 e. The molecular formula is C26H25N3O5S. The van der Waals surface area contributed by atoms with Gasteiger partial charge in [-0.1, -0.05) is 59.9 Å². The number of amides is 2. The zero-order chi connectivity index (χ0) is 24.4. The maximum absolute atomic E-state index is 12.9. The second-order valence-corrected chi connectivity index (χ2v) is 9.74. The van der Waals surface area contributed by atoms with Crippen molar-refractivity contribution in [3.63, 3.8) is 0 Å². The maximum atomic E-state index is 12.9. The molecule has 0 bridgehead atoms.